The first-order valence-corrected chi connectivity index (χ1v) is 18.7. The van der Waals surface area contributed by atoms with E-state index in [1.54, 1.807) is 0 Å². The third-order valence-electron chi connectivity index (χ3n) is 10.9. The van der Waals surface area contributed by atoms with Crippen molar-refractivity contribution in [3.05, 3.63) is 200 Å². The van der Waals surface area contributed by atoms with Crippen molar-refractivity contribution in [1.29, 1.82) is 0 Å². The van der Waals surface area contributed by atoms with Crippen LogP contribution in [0.15, 0.2) is 209 Å². The molecule has 0 saturated heterocycles. The van der Waals surface area contributed by atoms with Gasteiger partial charge in [-0.1, -0.05) is 146 Å². The molecule has 0 aliphatic rings. The van der Waals surface area contributed by atoms with Crippen LogP contribution in [0.3, 0.4) is 0 Å². The van der Waals surface area contributed by atoms with Crippen LogP contribution in [-0.2, 0) is 0 Å². The summed E-state index contributed by atoms with van der Waals surface area (Å²) >= 11 is 0. The maximum Gasteiger partial charge on any atom is 0.144 e. The molecule has 55 heavy (non-hydrogen) atoms. The Bertz CT molecular complexity index is 3170. The highest BCUT2D eigenvalue weighted by molar-refractivity contribution is 6.23. The number of anilines is 3. The van der Waals surface area contributed by atoms with Crippen LogP contribution in [0, 0.1) is 0 Å². The van der Waals surface area contributed by atoms with Gasteiger partial charge in [-0.05, 0) is 87.8 Å². The minimum Gasteiger partial charge on any atom is -0.456 e. The Balaban J connectivity index is 1.02. The Hall–Kier alpha value is -7.36. The molecular formula is C52H33NO2. The first-order valence-electron chi connectivity index (χ1n) is 18.7. The van der Waals surface area contributed by atoms with E-state index in [0.29, 0.717) is 0 Å². The normalized spacial score (nSPS) is 11.6. The predicted octanol–water partition coefficient (Wildman–Crippen LogP) is 15.1. The summed E-state index contributed by atoms with van der Waals surface area (Å²) < 4.78 is 13.3. The zero-order valence-corrected chi connectivity index (χ0v) is 29.8. The number of fused-ring (bicyclic) bond motifs is 7. The summed E-state index contributed by atoms with van der Waals surface area (Å²) in [5.74, 6) is 0. The summed E-state index contributed by atoms with van der Waals surface area (Å²) in [4.78, 5) is 2.36. The van der Waals surface area contributed by atoms with E-state index >= 15 is 0 Å². The van der Waals surface area contributed by atoms with E-state index < -0.39 is 0 Å². The number of furan rings is 2. The molecule has 11 aromatic rings. The first-order chi connectivity index (χ1) is 27.3. The van der Waals surface area contributed by atoms with Crippen LogP contribution in [0.5, 0.6) is 0 Å². The summed E-state index contributed by atoms with van der Waals surface area (Å²) in [6, 6.07) is 70.8. The Morgan fingerprint density at radius 2 is 0.909 bits per heavy atom. The van der Waals surface area contributed by atoms with Crippen LogP contribution in [0.25, 0.3) is 88.0 Å². The SMILES string of the molecule is c1ccc(-c2ccc(N(c3ccc(-c4ccc5c(c4)oc4c(-c6ccccc6)c6c(cc45)oc4ccccc46)cc3)c3cccc4ccccc34)cc2)cc1. The number of nitrogens with zero attached hydrogens (tertiary/aromatic N) is 1. The van der Waals surface area contributed by atoms with Gasteiger partial charge in [0.05, 0.1) is 5.69 Å². The van der Waals surface area contributed by atoms with E-state index in [2.05, 4.69) is 187 Å². The maximum atomic E-state index is 6.84. The summed E-state index contributed by atoms with van der Waals surface area (Å²) in [6.07, 6.45) is 0. The fraction of sp³-hybridized carbons (Fsp3) is 0. The van der Waals surface area contributed by atoms with Crippen molar-refractivity contribution in [2.45, 2.75) is 0 Å². The smallest absolute Gasteiger partial charge is 0.144 e. The minimum absolute atomic E-state index is 0.849. The fourth-order valence-corrected chi connectivity index (χ4v) is 8.24. The van der Waals surface area contributed by atoms with Crippen LogP contribution in [-0.4, -0.2) is 0 Å². The molecule has 0 fully saturated rings. The van der Waals surface area contributed by atoms with Crippen LogP contribution >= 0.6 is 0 Å². The van der Waals surface area contributed by atoms with Gasteiger partial charge in [0.15, 0.2) is 0 Å². The van der Waals surface area contributed by atoms with Gasteiger partial charge in [-0.25, -0.2) is 0 Å². The van der Waals surface area contributed by atoms with Crippen molar-refractivity contribution in [3.8, 4) is 33.4 Å². The van der Waals surface area contributed by atoms with Gasteiger partial charge in [-0.15, -0.1) is 0 Å². The first kappa shape index (κ1) is 31.2. The lowest BCUT2D eigenvalue weighted by Crippen LogP contribution is -2.10. The molecule has 258 valence electrons. The Kier molecular flexibility index (Phi) is 7.17. The van der Waals surface area contributed by atoms with E-state index in [-0.39, 0.29) is 0 Å². The molecule has 3 nitrogen and oxygen atoms in total. The summed E-state index contributed by atoms with van der Waals surface area (Å²) in [7, 11) is 0. The Morgan fingerprint density at radius 1 is 0.327 bits per heavy atom. The number of para-hydroxylation sites is 1. The molecule has 0 aliphatic carbocycles. The molecule has 0 radical (unpaired) electrons. The summed E-state index contributed by atoms with van der Waals surface area (Å²) in [6.45, 7) is 0. The van der Waals surface area contributed by atoms with Crippen LogP contribution < -0.4 is 4.90 Å². The standard InChI is InChI=1S/C52H33NO2/c1-3-12-34(13-4-1)35-22-27-40(28-23-35)53(46-20-11-17-37-14-7-8-18-42(37)46)41-29-24-36(25-30-41)39-26-31-43-45-33-49-51(44-19-9-10-21-47(44)54-49)50(38-15-5-2-6-16-38)52(45)55-48(43)32-39/h1-33H. The van der Waals surface area contributed by atoms with Gasteiger partial charge in [0, 0.05) is 43.9 Å². The molecule has 0 N–H and O–H groups in total. The number of benzene rings is 9. The van der Waals surface area contributed by atoms with Gasteiger partial charge < -0.3 is 13.7 Å². The molecule has 9 aromatic carbocycles. The van der Waals surface area contributed by atoms with Gasteiger partial charge >= 0.3 is 0 Å². The zero-order valence-electron chi connectivity index (χ0n) is 29.8. The molecule has 0 amide bonds. The second kappa shape index (κ2) is 12.6. The van der Waals surface area contributed by atoms with Gasteiger partial charge in [-0.2, -0.15) is 0 Å². The molecule has 0 atom stereocenters. The third kappa shape index (κ3) is 5.20. The van der Waals surface area contributed by atoms with Gasteiger partial charge in [-0.3, -0.25) is 0 Å². The second-order valence-electron chi connectivity index (χ2n) is 14.1. The van der Waals surface area contributed by atoms with Crippen molar-refractivity contribution in [1.82, 2.24) is 0 Å². The number of hydrogen-bond donors (Lipinski definition) is 0. The minimum atomic E-state index is 0.849. The van der Waals surface area contributed by atoms with Crippen LogP contribution in [0.4, 0.5) is 17.1 Å². The number of rotatable bonds is 6. The summed E-state index contributed by atoms with van der Waals surface area (Å²) in [5, 5.41) is 6.69. The van der Waals surface area contributed by atoms with Crippen molar-refractivity contribution >= 4 is 71.7 Å². The van der Waals surface area contributed by atoms with Crippen molar-refractivity contribution in [2.24, 2.45) is 0 Å². The highest BCUT2D eigenvalue weighted by Crippen LogP contribution is 2.46. The average Bonchev–Trinajstić information content (AvgIpc) is 3.81. The maximum absolute atomic E-state index is 6.84. The largest absolute Gasteiger partial charge is 0.456 e. The van der Waals surface area contributed by atoms with E-state index in [1.165, 1.54) is 21.9 Å². The van der Waals surface area contributed by atoms with Gasteiger partial charge in [0.1, 0.15) is 22.3 Å². The Labute approximate surface area is 317 Å². The summed E-state index contributed by atoms with van der Waals surface area (Å²) in [5.41, 5.74) is 13.5. The van der Waals surface area contributed by atoms with E-state index in [9.17, 15) is 0 Å². The lowest BCUT2D eigenvalue weighted by molar-refractivity contribution is 0.664. The predicted molar refractivity (Wildman–Crippen MR) is 229 cm³/mol. The van der Waals surface area contributed by atoms with E-state index in [0.717, 1.165) is 83.2 Å². The van der Waals surface area contributed by atoms with Crippen molar-refractivity contribution in [2.75, 3.05) is 4.90 Å². The third-order valence-corrected chi connectivity index (χ3v) is 10.9. The van der Waals surface area contributed by atoms with Crippen molar-refractivity contribution in [3.63, 3.8) is 0 Å². The molecule has 0 unspecified atom stereocenters. The quantitative estimate of drug-likeness (QED) is 0.173. The van der Waals surface area contributed by atoms with E-state index in [4.69, 9.17) is 8.83 Å². The van der Waals surface area contributed by atoms with Crippen LogP contribution in [0.2, 0.25) is 0 Å². The average molecular weight is 704 g/mol. The highest BCUT2D eigenvalue weighted by Gasteiger charge is 2.21. The lowest BCUT2D eigenvalue weighted by Gasteiger charge is -2.27. The molecule has 2 heterocycles. The van der Waals surface area contributed by atoms with Crippen LogP contribution in [0.1, 0.15) is 0 Å². The molecular weight excluding hydrogens is 671 g/mol. The monoisotopic (exact) mass is 703 g/mol. The second-order valence-corrected chi connectivity index (χ2v) is 14.1. The van der Waals surface area contributed by atoms with Crippen molar-refractivity contribution < 1.29 is 8.83 Å². The Morgan fingerprint density at radius 3 is 1.65 bits per heavy atom. The van der Waals surface area contributed by atoms with Gasteiger partial charge in [0.25, 0.3) is 0 Å². The molecule has 0 saturated carbocycles. The lowest BCUT2D eigenvalue weighted by atomic mass is 9.96. The van der Waals surface area contributed by atoms with E-state index in [1.807, 2.05) is 18.2 Å². The molecule has 0 spiro atoms. The molecule has 3 heteroatoms. The van der Waals surface area contributed by atoms with Gasteiger partial charge in [0.2, 0.25) is 0 Å². The molecule has 11 rings (SSSR count). The highest BCUT2D eigenvalue weighted by atomic mass is 16.3. The zero-order chi connectivity index (χ0) is 36.3. The number of hydrogen-bond acceptors (Lipinski definition) is 3. The molecule has 2 aromatic heterocycles. The molecule has 0 bridgehead atoms. The topological polar surface area (TPSA) is 29.5 Å². The molecule has 0 aliphatic heterocycles. The fourth-order valence-electron chi connectivity index (χ4n) is 8.24.